The van der Waals surface area contributed by atoms with Crippen molar-refractivity contribution in [2.75, 3.05) is 13.6 Å². The molecular formula is C23H42N2O3. The van der Waals surface area contributed by atoms with Gasteiger partial charge in [-0.1, -0.05) is 103 Å². The lowest BCUT2D eigenvalue weighted by atomic mass is 10.0. The van der Waals surface area contributed by atoms with Gasteiger partial charge in [0.25, 0.3) is 0 Å². The molecule has 1 heterocycles. The fourth-order valence-electron chi connectivity index (χ4n) is 3.78. The second kappa shape index (κ2) is 15.5. The Balaban J connectivity index is 1.86. The topological polar surface area (TPSA) is 57.7 Å². The van der Waals surface area contributed by atoms with Crippen LogP contribution < -0.4 is 0 Å². The van der Waals surface area contributed by atoms with Gasteiger partial charge in [-0.05, 0) is 6.42 Å². The Bertz CT molecular complexity index is 465. The molecule has 0 saturated carbocycles. The van der Waals surface area contributed by atoms with Gasteiger partial charge in [0.2, 0.25) is 11.8 Å². The summed E-state index contributed by atoms with van der Waals surface area (Å²) in [5.41, 5.74) is 0. The highest BCUT2D eigenvalue weighted by atomic mass is 16.2. The number of hydrogen-bond acceptors (Lipinski definition) is 3. The first-order chi connectivity index (χ1) is 13.6. The summed E-state index contributed by atoms with van der Waals surface area (Å²) in [6.07, 6.45) is 20.6. The standard InChI is InChI=1S/C23H42N2O3/c1-3-4-5-6-7-8-9-10-11-12-13-14-15-16-17-18-19-25-22(27)20-21(26)24(2)23(25)28/h3-20H2,1-2H3. The molecular weight excluding hydrogens is 352 g/mol. The zero-order valence-electron chi connectivity index (χ0n) is 18.3. The van der Waals surface area contributed by atoms with Gasteiger partial charge in [0, 0.05) is 13.6 Å². The van der Waals surface area contributed by atoms with E-state index in [1.54, 1.807) is 0 Å². The second-order valence-corrected chi connectivity index (χ2v) is 8.26. The lowest BCUT2D eigenvalue weighted by Crippen LogP contribution is -2.53. The van der Waals surface area contributed by atoms with Gasteiger partial charge in [-0.25, -0.2) is 4.79 Å². The van der Waals surface area contributed by atoms with Gasteiger partial charge < -0.3 is 0 Å². The van der Waals surface area contributed by atoms with Crippen LogP contribution in [0.25, 0.3) is 0 Å². The van der Waals surface area contributed by atoms with Crippen molar-refractivity contribution in [2.45, 2.75) is 116 Å². The van der Waals surface area contributed by atoms with E-state index in [1.807, 2.05) is 0 Å². The van der Waals surface area contributed by atoms with Gasteiger partial charge in [0.15, 0.2) is 0 Å². The molecule has 1 saturated heterocycles. The van der Waals surface area contributed by atoms with Crippen LogP contribution in [0.3, 0.4) is 0 Å². The molecule has 0 spiro atoms. The summed E-state index contributed by atoms with van der Waals surface area (Å²) in [6, 6.07) is -0.470. The smallest absolute Gasteiger partial charge is 0.274 e. The highest BCUT2D eigenvalue weighted by Gasteiger charge is 2.34. The van der Waals surface area contributed by atoms with Crippen LogP contribution in [0.5, 0.6) is 0 Å². The average Bonchev–Trinajstić information content (AvgIpc) is 2.68. The number of urea groups is 1. The SMILES string of the molecule is CCCCCCCCCCCCCCCCCCN1C(=O)CC(=O)N(C)C1=O. The molecule has 0 bridgehead atoms. The van der Waals surface area contributed by atoms with Crippen LogP contribution in [-0.2, 0) is 9.59 Å². The lowest BCUT2D eigenvalue weighted by Gasteiger charge is -2.30. The molecule has 1 rings (SSSR count). The Morgan fingerprint density at radius 1 is 0.607 bits per heavy atom. The van der Waals surface area contributed by atoms with Crippen LogP contribution in [0.15, 0.2) is 0 Å². The van der Waals surface area contributed by atoms with Crippen molar-refractivity contribution in [3.63, 3.8) is 0 Å². The number of carbonyl (C=O) groups excluding carboxylic acids is 3. The number of nitrogens with zero attached hydrogens (tertiary/aromatic N) is 2. The van der Waals surface area contributed by atoms with Crippen LogP contribution in [0, 0.1) is 0 Å². The largest absolute Gasteiger partial charge is 0.333 e. The summed E-state index contributed by atoms with van der Waals surface area (Å²) in [4.78, 5) is 37.5. The van der Waals surface area contributed by atoms with Crippen molar-refractivity contribution in [2.24, 2.45) is 0 Å². The number of barbiturate groups is 1. The lowest BCUT2D eigenvalue weighted by molar-refractivity contribution is -0.141. The van der Waals surface area contributed by atoms with Gasteiger partial charge in [-0.15, -0.1) is 0 Å². The maximum Gasteiger partial charge on any atom is 0.333 e. The number of imide groups is 2. The van der Waals surface area contributed by atoms with E-state index in [9.17, 15) is 14.4 Å². The van der Waals surface area contributed by atoms with E-state index in [0.29, 0.717) is 6.54 Å². The van der Waals surface area contributed by atoms with Crippen LogP contribution >= 0.6 is 0 Å². The first kappa shape index (κ1) is 24.6. The van der Waals surface area contributed by atoms with Crippen LogP contribution in [0.4, 0.5) is 4.79 Å². The first-order valence-corrected chi connectivity index (χ1v) is 11.7. The minimum atomic E-state index is -0.470. The van der Waals surface area contributed by atoms with Gasteiger partial charge in [-0.2, -0.15) is 0 Å². The molecule has 1 aliphatic heterocycles. The molecule has 0 N–H and O–H groups in total. The third-order valence-corrected chi connectivity index (χ3v) is 5.73. The summed E-state index contributed by atoms with van der Waals surface area (Å²) in [5.74, 6) is -0.757. The summed E-state index contributed by atoms with van der Waals surface area (Å²) in [6.45, 7) is 2.71. The minimum Gasteiger partial charge on any atom is -0.274 e. The number of rotatable bonds is 17. The van der Waals surface area contributed by atoms with Crippen LogP contribution in [0.1, 0.15) is 116 Å². The van der Waals surface area contributed by atoms with E-state index >= 15 is 0 Å². The van der Waals surface area contributed by atoms with Crippen LogP contribution in [-0.4, -0.2) is 41.2 Å². The number of amides is 4. The molecule has 162 valence electrons. The molecule has 5 nitrogen and oxygen atoms in total. The quantitative estimate of drug-likeness (QED) is 0.222. The zero-order valence-corrected chi connectivity index (χ0v) is 18.3. The Kier molecular flexibility index (Phi) is 13.7. The Hall–Kier alpha value is -1.39. The van der Waals surface area contributed by atoms with Gasteiger partial charge in [0.05, 0.1) is 0 Å². The van der Waals surface area contributed by atoms with Crippen LogP contribution in [0.2, 0.25) is 0 Å². The number of carbonyl (C=O) groups is 3. The van der Waals surface area contributed by atoms with Crippen molar-refractivity contribution in [3.8, 4) is 0 Å². The van der Waals surface area contributed by atoms with E-state index in [1.165, 1.54) is 95.4 Å². The summed E-state index contributed by atoms with van der Waals surface area (Å²) in [5, 5.41) is 0. The molecule has 0 aromatic heterocycles. The van der Waals surface area contributed by atoms with E-state index in [2.05, 4.69) is 6.92 Å². The maximum absolute atomic E-state index is 11.9. The van der Waals surface area contributed by atoms with E-state index in [-0.39, 0.29) is 12.3 Å². The highest BCUT2D eigenvalue weighted by Crippen LogP contribution is 2.15. The molecule has 4 amide bonds. The molecule has 0 aliphatic carbocycles. The molecule has 0 aromatic rings. The molecule has 0 atom stereocenters. The molecule has 0 radical (unpaired) electrons. The fraction of sp³-hybridized carbons (Fsp3) is 0.870. The van der Waals surface area contributed by atoms with E-state index in [4.69, 9.17) is 0 Å². The third-order valence-electron chi connectivity index (χ3n) is 5.73. The van der Waals surface area contributed by atoms with Crippen molar-refractivity contribution in [3.05, 3.63) is 0 Å². The molecule has 5 heteroatoms. The highest BCUT2D eigenvalue weighted by molar-refractivity contribution is 6.13. The van der Waals surface area contributed by atoms with E-state index in [0.717, 1.165) is 24.2 Å². The van der Waals surface area contributed by atoms with E-state index < -0.39 is 11.9 Å². The Morgan fingerprint density at radius 2 is 1.00 bits per heavy atom. The first-order valence-electron chi connectivity index (χ1n) is 11.7. The van der Waals surface area contributed by atoms with Crippen molar-refractivity contribution in [1.29, 1.82) is 0 Å². The van der Waals surface area contributed by atoms with Crippen molar-refractivity contribution >= 4 is 17.8 Å². The summed E-state index contributed by atoms with van der Waals surface area (Å²) < 4.78 is 0. The predicted molar refractivity (Wildman–Crippen MR) is 114 cm³/mol. The van der Waals surface area contributed by atoms with Gasteiger partial charge in [0.1, 0.15) is 6.42 Å². The van der Waals surface area contributed by atoms with Gasteiger partial charge in [-0.3, -0.25) is 19.4 Å². The maximum atomic E-state index is 11.9. The predicted octanol–water partition coefficient (Wildman–Crippen LogP) is 6.06. The molecule has 0 unspecified atom stereocenters. The number of hydrogen-bond donors (Lipinski definition) is 0. The number of unbranched alkanes of at least 4 members (excludes halogenated alkanes) is 15. The molecule has 1 fully saturated rings. The average molecular weight is 395 g/mol. The monoisotopic (exact) mass is 394 g/mol. The van der Waals surface area contributed by atoms with Crippen molar-refractivity contribution < 1.29 is 14.4 Å². The fourth-order valence-corrected chi connectivity index (χ4v) is 3.78. The third kappa shape index (κ3) is 10.2. The second-order valence-electron chi connectivity index (χ2n) is 8.26. The molecule has 0 aromatic carbocycles. The normalized spacial score (nSPS) is 15.0. The minimum absolute atomic E-state index is 0.179. The summed E-state index contributed by atoms with van der Waals surface area (Å²) in [7, 11) is 1.44. The Labute approximate surface area is 172 Å². The zero-order chi connectivity index (χ0) is 20.6. The summed E-state index contributed by atoms with van der Waals surface area (Å²) >= 11 is 0. The van der Waals surface area contributed by atoms with Gasteiger partial charge >= 0.3 is 6.03 Å². The Morgan fingerprint density at radius 3 is 1.43 bits per heavy atom. The van der Waals surface area contributed by atoms with Crippen molar-refractivity contribution in [1.82, 2.24) is 9.80 Å². The molecule has 1 aliphatic rings. The molecule has 28 heavy (non-hydrogen) atoms.